The summed E-state index contributed by atoms with van der Waals surface area (Å²) in [4.78, 5) is 2.54. The Hall–Kier alpha value is -0.900. The van der Waals surface area contributed by atoms with E-state index in [1.54, 1.807) is 0 Å². The van der Waals surface area contributed by atoms with Crippen LogP contribution in [-0.4, -0.2) is 41.8 Å². The minimum absolute atomic E-state index is 0.343. The number of likely N-dealkylation sites (tertiary alicyclic amines) is 1. The zero-order valence-electron chi connectivity index (χ0n) is 12.8. The normalized spacial score (nSPS) is 28.6. The summed E-state index contributed by atoms with van der Waals surface area (Å²) in [7, 11) is 0. The Balaban J connectivity index is 1.54. The van der Waals surface area contributed by atoms with Gasteiger partial charge in [-0.1, -0.05) is 30.3 Å². The van der Waals surface area contributed by atoms with Crippen LogP contribution in [0.2, 0.25) is 0 Å². The van der Waals surface area contributed by atoms with Crippen LogP contribution in [0.4, 0.5) is 0 Å². The molecule has 2 saturated heterocycles. The van der Waals surface area contributed by atoms with Crippen molar-refractivity contribution in [1.29, 1.82) is 0 Å². The van der Waals surface area contributed by atoms with Gasteiger partial charge in [0.15, 0.2) is 0 Å². The van der Waals surface area contributed by atoms with E-state index in [4.69, 9.17) is 4.74 Å². The van der Waals surface area contributed by atoms with Crippen LogP contribution in [0.25, 0.3) is 0 Å². The number of benzene rings is 1. The van der Waals surface area contributed by atoms with Gasteiger partial charge in [-0.05, 0) is 50.6 Å². The second-order valence-corrected chi connectivity index (χ2v) is 6.44. The van der Waals surface area contributed by atoms with Crippen molar-refractivity contribution in [3.63, 3.8) is 0 Å². The highest BCUT2D eigenvalue weighted by molar-refractivity contribution is 5.17. The van der Waals surface area contributed by atoms with Crippen LogP contribution in [-0.2, 0) is 4.74 Å². The molecular formula is C18H27NO2. The molecular weight excluding hydrogens is 262 g/mol. The number of hydrogen-bond acceptors (Lipinski definition) is 3. The average Bonchev–Trinajstić information content (AvgIpc) is 2.96. The fraction of sp³-hybridized carbons (Fsp3) is 0.667. The van der Waals surface area contributed by atoms with Crippen LogP contribution < -0.4 is 0 Å². The number of rotatable bonds is 5. The highest BCUT2D eigenvalue weighted by Gasteiger charge is 2.29. The van der Waals surface area contributed by atoms with Crippen molar-refractivity contribution < 1.29 is 9.84 Å². The van der Waals surface area contributed by atoms with E-state index in [2.05, 4.69) is 4.90 Å². The first-order valence-corrected chi connectivity index (χ1v) is 8.41. The van der Waals surface area contributed by atoms with Gasteiger partial charge in [-0.2, -0.15) is 0 Å². The third-order valence-corrected chi connectivity index (χ3v) is 4.89. The molecule has 3 atom stereocenters. The topological polar surface area (TPSA) is 32.7 Å². The highest BCUT2D eigenvalue weighted by atomic mass is 16.5. The molecule has 3 heteroatoms. The molecule has 3 unspecified atom stereocenters. The van der Waals surface area contributed by atoms with Crippen LogP contribution in [0, 0.1) is 0 Å². The van der Waals surface area contributed by atoms with E-state index in [1.165, 1.54) is 32.1 Å². The summed E-state index contributed by atoms with van der Waals surface area (Å²) in [6, 6.07) is 10.5. The molecule has 3 rings (SSSR count). The van der Waals surface area contributed by atoms with Gasteiger partial charge in [-0.3, -0.25) is 4.90 Å². The van der Waals surface area contributed by atoms with Gasteiger partial charge in [0.25, 0.3) is 0 Å². The fourth-order valence-corrected chi connectivity index (χ4v) is 3.68. The van der Waals surface area contributed by atoms with Crippen molar-refractivity contribution in [2.75, 3.05) is 19.7 Å². The Kier molecular flexibility index (Phi) is 5.28. The predicted molar refractivity (Wildman–Crippen MR) is 84.2 cm³/mol. The standard InChI is InChI=1S/C18H27NO2/c20-18(15-7-2-1-3-8-15)13-16-9-6-11-19(16)14-17-10-4-5-12-21-17/h1-3,7-8,16-18,20H,4-6,9-14H2. The average molecular weight is 289 g/mol. The lowest BCUT2D eigenvalue weighted by Gasteiger charge is -2.32. The maximum absolute atomic E-state index is 10.4. The van der Waals surface area contributed by atoms with Crippen LogP contribution in [0.15, 0.2) is 30.3 Å². The Morgan fingerprint density at radius 3 is 2.76 bits per heavy atom. The summed E-state index contributed by atoms with van der Waals surface area (Å²) in [6.07, 6.45) is 7.08. The van der Waals surface area contributed by atoms with Crippen molar-refractivity contribution in [1.82, 2.24) is 4.90 Å². The van der Waals surface area contributed by atoms with E-state index in [1.807, 2.05) is 30.3 Å². The first kappa shape index (κ1) is 15.0. The van der Waals surface area contributed by atoms with Crippen LogP contribution in [0.1, 0.15) is 50.2 Å². The van der Waals surface area contributed by atoms with E-state index < -0.39 is 0 Å². The maximum atomic E-state index is 10.4. The quantitative estimate of drug-likeness (QED) is 0.904. The van der Waals surface area contributed by atoms with Gasteiger partial charge in [0.05, 0.1) is 12.2 Å². The molecule has 1 aromatic rings. The molecule has 0 amide bonds. The first-order chi connectivity index (χ1) is 10.3. The van der Waals surface area contributed by atoms with Gasteiger partial charge in [0, 0.05) is 19.2 Å². The number of aliphatic hydroxyl groups is 1. The Bertz CT molecular complexity index is 416. The lowest BCUT2D eigenvalue weighted by atomic mass is 10.00. The van der Waals surface area contributed by atoms with E-state index >= 15 is 0 Å². The fourth-order valence-electron chi connectivity index (χ4n) is 3.68. The van der Waals surface area contributed by atoms with Crippen molar-refractivity contribution in [2.45, 2.75) is 56.8 Å². The third-order valence-electron chi connectivity index (χ3n) is 4.89. The minimum atomic E-state index is -0.343. The van der Waals surface area contributed by atoms with Crippen molar-refractivity contribution >= 4 is 0 Å². The van der Waals surface area contributed by atoms with E-state index in [0.717, 1.165) is 31.7 Å². The molecule has 3 nitrogen and oxygen atoms in total. The van der Waals surface area contributed by atoms with Crippen LogP contribution >= 0.6 is 0 Å². The Morgan fingerprint density at radius 1 is 1.14 bits per heavy atom. The summed E-state index contributed by atoms with van der Waals surface area (Å²) < 4.78 is 5.87. The monoisotopic (exact) mass is 289 g/mol. The van der Waals surface area contributed by atoms with Crippen LogP contribution in [0.3, 0.4) is 0 Å². The molecule has 0 bridgehead atoms. The van der Waals surface area contributed by atoms with Gasteiger partial charge in [0.1, 0.15) is 0 Å². The number of ether oxygens (including phenoxy) is 1. The van der Waals surface area contributed by atoms with Gasteiger partial charge >= 0.3 is 0 Å². The lowest BCUT2D eigenvalue weighted by Crippen LogP contribution is -2.39. The van der Waals surface area contributed by atoms with Crippen molar-refractivity contribution in [3.8, 4) is 0 Å². The molecule has 0 saturated carbocycles. The van der Waals surface area contributed by atoms with Crippen LogP contribution in [0.5, 0.6) is 0 Å². The zero-order chi connectivity index (χ0) is 14.5. The summed E-state index contributed by atoms with van der Waals surface area (Å²) in [6.45, 7) is 3.13. The van der Waals surface area contributed by atoms with E-state index in [0.29, 0.717) is 12.1 Å². The summed E-state index contributed by atoms with van der Waals surface area (Å²) in [5.74, 6) is 0. The molecule has 2 heterocycles. The molecule has 2 fully saturated rings. The molecule has 0 radical (unpaired) electrons. The SMILES string of the molecule is OC(CC1CCCN1CC1CCCCO1)c1ccccc1. The molecule has 2 aliphatic rings. The van der Waals surface area contributed by atoms with Gasteiger partial charge in [0.2, 0.25) is 0 Å². The Morgan fingerprint density at radius 2 is 2.00 bits per heavy atom. The molecule has 1 N–H and O–H groups in total. The molecule has 1 aromatic carbocycles. The van der Waals surface area contributed by atoms with Gasteiger partial charge in [-0.15, -0.1) is 0 Å². The van der Waals surface area contributed by atoms with E-state index in [-0.39, 0.29) is 6.10 Å². The highest BCUT2D eigenvalue weighted by Crippen LogP contribution is 2.28. The predicted octanol–water partition coefficient (Wildman–Crippen LogP) is 3.14. The minimum Gasteiger partial charge on any atom is -0.388 e. The number of nitrogens with zero attached hydrogens (tertiary/aromatic N) is 1. The summed E-state index contributed by atoms with van der Waals surface area (Å²) in [5, 5.41) is 10.4. The lowest BCUT2D eigenvalue weighted by molar-refractivity contribution is -0.0115. The molecule has 21 heavy (non-hydrogen) atoms. The second kappa shape index (κ2) is 7.39. The van der Waals surface area contributed by atoms with Gasteiger partial charge in [-0.25, -0.2) is 0 Å². The Labute approximate surface area is 127 Å². The smallest absolute Gasteiger partial charge is 0.0805 e. The number of aliphatic hydroxyl groups excluding tert-OH is 1. The van der Waals surface area contributed by atoms with E-state index in [9.17, 15) is 5.11 Å². The summed E-state index contributed by atoms with van der Waals surface area (Å²) in [5.41, 5.74) is 1.04. The molecule has 0 spiro atoms. The largest absolute Gasteiger partial charge is 0.388 e. The second-order valence-electron chi connectivity index (χ2n) is 6.44. The number of hydrogen-bond donors (Lipinski definition) is 1. The first-order valence-electron chi connectivity index (χ1n) is 8.41. The van der Waals surface area contributed by atoms with Gasteiger partial charge < -0.3 is 9.84 Å². The maximum Gasteiger partial charge on any atom is 0.0805 e. The molecule has 0 aromatic heterocycles. The molecule has 116 valence electrons. The molecule has 0 aliphatic carbocycles. The summed E-state index contributed by atoms with van der Waals surface area (Å²) >= 11 is 0. The zero-order valence-corrected chi connectivity index (χ0v) is 12.8. The van der Waals surface area contributed by atoms with Crippen molar-refractivity contribution in [3.05, 3.63) is 35.9 Å². The molecule has 2 aliphatic heterocycles. The van der Waals surface area contributed by atoms with Crippen molar-refractivity contribution in [2.24, 2.45) is 0 Å². The third kappa shape index (κ3) is 4.06.